The number of aromatic nitrogens is 2. The lowest BCUT2D eigenvalue weighted by atomic mass is 10.3. The maximum absolute atomic E-state index is 11.9. The maximum atomic E-state index is 11.9. The van der Waals surface area contributed by atoms with Gasteiger partial charge in [0.2, 0.25) is 5.91 Å². The van der Waals surface area contributed by atoms with Crippen molar-refractivity contribution in [3.05, 3.63) is 24.0 Å². The molecule has 0 bridgehead atoms. The second-order valence-corrected chi connectivity index (χ2v) is 4.57. The molecule has 2 rings (SSSR count). The van der Waals surface area contributed by atoms with Crippen LogP contribution in [-0.2, 0) is 17.8 Å². The second kappa shape index (κ2) is 5.73. The lowest BCUT2D eigenvalue weighted by Gasteiger charge is -2.08. The summed E-state index contributed by atoms with van der Waals surface area (Å²) in [4.78, 5) is 16.4. The molecule has 0 saturated heterocycles. The largest absolute Gasteiger partial charge is 0.399 e. The zero-order chi connectivity index (χ0) is 13.8. The summed E-state index contributed by atoms with van der Waals surface area (Å²) in [7, 11) is 0. The van der Waals surface area contributed by atoms with Gasteiger partial charge in [0.15, 0.2) is 0 Å². The van der Waals surface area contributed by atoms with Crippen molar-refractivity contribution >= 4 is 22.6 Å². The maximum Gasteiger partial charge on any atom is 0.240 e. The van der Waals surface area contributed by atoms with Gasteiger partial charge in [-0.05, 0) is 24.6 Å². The van der Waals surface area contributed by atoms with Gasteiger partial charge in [0, 0.05) is 18.7 Å². The lowest BCUT2D eigenvalue weighted by Crippen LogP contribution is -2.28. The Kier molecular flexibility index (Phi) is 4.04. The van der Waals surface area contributed by atoms with Crippen LogP contribution in [0.1, 0.15) is 26.1 Å². The van der Waals surface area contributed by atoms with Crippen LogP contribution in [0.4, 0.5) is 5.69 Å². The van der Waals surface area contributed by atoms with Gasteiger partial charge < -0.3 is 15.6 Å². The molecular formula is C14H20N4O. The van der Waals surface area contributed by atoms with E-state index in [0.29, 0.717) is 18.8 Å². The summed E-state index contributed by atoms with van der Waals surface area (Å²) in [6.07, 6.45) is 1.73. The number of nitrogens with one attached hydrogen (secondary N) is 1. The van der Waals surface area contributed by atoms with Crippen LogP contribution in [0, 0.1) is 0 Å². The summed E-state index contributed by atoms with van der Waals surface area (Å²) in [5, 5.41) is 2.89. The number of benzene rings is 1. The highest BCUT2D eigenvalue weighted by Gasteiger charge is 2.12. The first-order chi connectivity index (χ1) is 9.15. The Labute approximate surface area is 112 Å². The number of hydrogen-bond acceptors (Lipinski definition) is 3. The van der Waals surface area contributed by atoms with E-state index in [2.05, 4.69) is 10.3 Å². The number of nitrogens with zero attached hydrogens (tertiary/aromatic N) is 2. The van der Waals surface area contributed by atoms with Crippen LogP contribution in [0.5, 0.6) is 0 Å². The first-order valence-electron chi connectivity index (χ1n) is 6.67. The van der Waals surface area contributed by atoms with Gasteiger partial charge in [0.25, 0.3) is 0 Å². The molecule has 19 heavy (non-hydrogen) atoms. The van der Waals surface area contributed by atoms with Gasteiger partial charge in [-0.25, -0.2) is 4.98 Å². The average molecular weight is 260 g/mol. The van der Waals surface area contributed by atoms with Gasteiger partial charge >= 0.3 is 0 Å². The first kappa shape index (κ1) is 13.4. The summed E-state index contributed by atoms with van der Waals surface area (Å²) < 4.78 is 1.96. The number of carbonyl (C=O) groups is 1. The third kappa shape index (κ3) is 2.86. The average Bonchev–Trinajstić information content (AvgIpc) is 2.73. The zero-order valence-corrected chi connectivity index (χ0v) is 11.4. The molecule has 0 aliphatic carbocycles. The number of amides is 1. The van der Waals surface area contributed by atoms with Gasteiger partial charge in [0.1, 0.15) is 12.4 Å². The van der Waals surface area contributed by atoms with E-state index >= 15 is 0 Å². The third-order valence-electron chi connectivity index (χ3n) is 3.04. The Balaban J connectivity index is 2.32. The molecule has 0 radical (unpaired) electrons. The predicted molar refractivity (Wildman–Crippen MR) is 76.8 cm³/mol. The topological polar surface area (TPSA) is 72.9 Å². The van der Waals surface area contributed by atoms with E-state index in [-0.39, 0.29) is 5.91 Å². The molecule has 1 aromatic heterocycles. The highest BCUT2D eigenvalue weighted by molar-refractivity contribution is 5.83. The van der Waals surface area contributed by atoms with Gasteiger partial charge in [-0.3, -0.25) is 4.79 Å². The number of hydrogen-bond donors (Lipinski definition) is 2. The Bertz CT molecular complexity index is 588. The first-order valence-corrected chi connectivity index (χ1v) is 6.67. The van der Waals surface area contributed by atoms with Crippen LogP contribution in [0.25, 0.3) is 11.0 Å². The Hall–Kier alpha value is -2.04. The fourth-order valence-corrected chi connectivity index (χ4v) is 2.11. The SMILES string of the molecule is CCCNC(=O)Cn1c(CC)nc2cc(N)ccc21. The fourth-order valence-electron chi connectivity index (χ4n) is 2.11. The van der Waals surface area contributed by atoms with Crippen molar-refractivity contribution in [1.29, 1.82) is 0 Å². The molecule has 1 aromatic carbocycles. The number of anilines is 1. The molecule has 0 aliphatic rings. The van der Waals surface area contributed by atoms with Crippen LogP contribution in [0.3, 0.4) is 0 Å². The minimum absolute atomic E-state index is 0.0210. The number of nitrogens with two attached hydrogens (primary N) is 1. The zero-order valence-electron chi connectivity index (χ0n) is 11.4. The van der Waals surface area contributed by atoms with E-state index in [4.69, 9.17) is 5.73 Å². The molecule has 102 valence electrons. The van der Waals surface area contributed by atoms with Crippen molar-refractivity contribution < 1.29 is 4.79 Å². The number of imidazole rings is 1. The van der Waals surface area contributed by atoms with Gasteiger partial charge in [-0.15, -0.1) is 0 Å². The number of aryl methyl sites for hydroxylation is 1. The van der Waals surface area contributed by atoms with Crippen molar-refractivity contribution in [3.63, 3.8) is 0 Å². The summed E-state index contributed by atoms with van der Waals surface area (Å²) in [6, 6.07) is 5.60. The van der Waals surface area contributed by atoms with Crippen molar-refractivity contribution in [2.45, 2.75) is 33.2 Å². The summed E-state index contributed by atoms with van der Waals surface area (Å²) in [5.74, 6) is 0.930. The quantitative estimate of drug-likeness (QED) is 0.804. The Morgan fingerprint density at radius 1 is 1.42 bits per heavy atom. The highest BCUT2D eigenvalue weighted by atomic mass is 16.1. The summed E-state index contributed by atoms with van der Waals surface area (Å²) >= 11 is 0. The van der Waals surface area contributed by atoms with Crippen LogP contribution < -0.4 is 11.1 Å². The van der Waals surface area contributed by atoms with Crippen LogP contribution in [0.2, 0.25) is 0 Å². The molecular weight excluding hydrogens is 240 g/mol. The van der Waals surface area contributed by atoms with Gasteiger partial charge in [-0.2, -0.15) is 0 Å². The van der Waals surface area contributed by atoms with E-state index in [9.17, 15) is 4.79 Å². The Morgan fingerprint density at radius 2 is 2.21 bits per heavy atom. The molecule has 0 spiro atoms. The van der Waals surface area contributed by atoms with Crippen molar-refractivity contribution in [2.75, 3.05) is 12.3 Å². The molecule has 0 saturated carbocycles. The molecule has 5 nitrogen and oxygen atoms in total. The van der Waals surface area contributed by atoms with Crippen molar-refractivity contribution in [3.8, 4) is 0 Å². The predicted octanol–water partition coefficient (Wildman–Crippen LogP) is 1.71. The molecule has 0 aliphatic heterocycles. The lowest BCUT2D eigenvalue weighted by molar-refractivity contribution is -0.121. The molecule has 3 N–H and O–H groups in total. The van der Waals surface area contributed by atoms with Gasteiger partial charge in [-0.1, -0.05) is 13.8 Å². The minimum atomic E-state index is 0.0210. The van der Waals surface area contributed by atoms with E-state index in [1.54, 1.807) is 0 Å². The normalized spacial score (nSPS) is 10.8. The molecule has 1 heterocycles. The van der Waals surface area contributed by atoms with Gasteiger partial charge in [0.05, 0.1) is 11.0 Å². The molecule has 2 aromatic rings. The smallest absolute Gasteiger partial charge is 0.240 e. The molecule has 0 unspecified atom stereocenters. The number of carbonyl (C=O) groups excluding carboxylic acids is 1. The monoisotopic (exact) mass is 260 g/mol. The second-order valence-electron chi connectivity index (χ2n) is 4.57. The number of fused-ring (bicyclic) bond motifs is 1. The van der Waals surface area contributed by atoms with E-state index in [1.165, 1.54) is 0 Å². The van der Waals surface area contributed by atoms with E-state index in [0.717, 1.165) is 29.7 Å². The van der Waals surface area contributed by atoms with Crippen molar-refractivity contribution in [1.82, 2.24) is 14.9 Å². The summed E-state index contributed by atoms with van der Waals surface area (Å²) in [5.41, 5.74) is 8.26. The van der Waals surface area contributed by atoms with E-state index in [1.807, 2.05) is 36.6 Å². The Morgan fingerprint density at radius 3 is 2.89 bits per heavy atom. The molecule has 0 fully saturated rings. The molecule has 5 heteroatoms. The fraction of sp³-hybridized carbons (Fsp3) is 0.429. The standard InChI is InChI=1S/C14H20N4O/c1-3-7-16-14(19)9-18-12-6-5-10(15)8-11(12)17-13(18)4-2/h5-6,8H,3-4,7,9,15H2,1-2H3,(H,16,19). The van der Waals surface area contributed by atoms with Crippen LogP contribution >= 0.6 is 0 Å². The van der Waals surface area contributed by atoms with Crippen LogP contribution in [0.15, 0.2) is 18.2 Å². The third-order valence-corrected chi connectivity index (χ3v) is 3.04. The number of nitrogen functional groups attached to an aromatic ring is 1. The summed E-state index contributed by atoms with van der Waals surface area (Å²) in [6.45, 7) is 5.08. The highest BCUT2D eigenvalue weighted by Crippen LogP contribution is 2.19. The minimum Gasteiger partial charge on any atom is -0.399 e. The molecule has 1 amide bonds. The van der Waals surface area contributed by atoms with Crippen molar-refractivity contribution in [2.24, 2.45) is 0 Å². The number of rotatable bonds is 5. The van der Waals surface area contributed by atoms with Crippen LogP contribution in [-0.4, -0.2) is 22.0 Å². The molecule has 0 atom stereocenters. The van der Waals surface area contributed by atoms with E-state index < -0.39 is 0 Å².